The van der Waals surface area contributed by atoms with E-state index in [1.165, 1.54) is 10.9 Å². The molecular formula is C9H16N4O3. The highest BCUT2D eigenvalue weighted by Gasteiger charge is 2.17. The van der Waals surface area contributed by atoms with Crippen LogP contribution in [0.2, 0.25) is 0 Å². The van der Waals surface area contributed by atoms with Gasteiger partial charge in [0, 0.05) is 13.6 Å². The summed E-state index contributed by atoms with van der Waals surface area (Å²) in [5.41, 5.74) is -0.0213. The molecule has 1 N–H and O–H groups in total. The number of hydrogen-bond donors (Lipinski definition) is 1. The molecule has 1 aromatic heterocycles. The van der Waals surface area contributed by atoms with Gasteiger partial charge in [-0.1, -0.05) is 0 Å². The molecule has 90 valence electrons. The van der Waals surface area contributed by atoms with Crippen LogP contribution in [-0.4, -0.2) is 34.0 Å². The van der Waals surface area contributed by atoms with Crippen LogP contribution in [0.3, 0.4) is 0 Å². The Hall–Kier alpha value is -1.63. The van der Waals surface area contributed by atoms with Crippen LogP contribution >= 0.6 is 0 Å². The number of hydrogen-bond acceptors (Lipinski definition) is 5. The number of ether oxygens (including phenoxy) is 1. The van der Waals surface area contributed by atoms with Crippen LogP contribution in [0.4, 0.5) is 11.5 Å². The number of rotatable bonds is 6. The van der Waals surface area contributed by atoms with Crippen molar-refractivity contribution in [1.29, 1.82) is 0 Å². The third-order valence-electron chi connectivity index (χ3n) is 1.85. The first-order valence-corrected chi connectivity index (χ1v) is 5.04. The summed E-state index contributed by atoms with van der Waals surface area (Å²) in [6, 6.07) is 0. The average Bonchev–Trinajstić information content (AvgIpc) is 2.54. The van der Waals surface area contributed by atoms with Crippen LogP contribution in [0.15, 0.2) is 6.20 Å². The van der Waals surface area contributed by atoms with Crippen LogP contribution in [0.1, 0.15) is 13.8 Å². The van der Waals surface area contributed by atoms with Gasteiger partial charge in [-0.25, -0.2) is 0 Å². The van der Waals surface area contributed by atoms with Gasteiger partial charge in [0.05, 0.1) is 17.6 Å². The van der Waals surface area contributed by atoms with Gasteiger partial charge in [-0.15, -0.1) is 5.10 Å². The van der Waals surface area contributed by atoms with Crippen molar-refractivity contribution in [2.45, 2.75) is 20.0 Å². The molecule has 0 saturated heterocycles. The first-order chi connectivity index (χ1) is 7.50. The lowest BCUT2D eigenvalue weighted by Gasteiger charge is -2.07. The minimum atomic E-state index is -0.460. The number of aryl methyl sites for hydroxylation is 1. The van der Waals surface area contributed by atoms with Gasteiger partial charge in [-0.05, 0) is 13.8 Å². The molecule has 1 aromatic rings. The zero-order valence-corrected chi connectivity index (χ0v) is 9.64. The highest BCUT2D eigenvalue weighted by Crippen LogP contribution is 2.20. The minimum absolute atomic E-state index is 0.0213. The summed E-state index contributed by atoms with van der Waals surface area (Å²) in [4.78, 5) is 10.2. The Morgan fingerprint density at radius 2 is 2.38 bits per heavy atom. The molecule has 0 aliphatic heterocycles. The Bertz CT molecular complexity index is 362. The van der Waals surface area contributed by atoms with Gasteiger partial charge in [0.1, 0.15) is 6.20 Å². The number of nitro groups is 1. The Labute approximate surface area is 93.5 Å². The van der Waals surface area contributed by atoms with E-state index in [2.05, 4.69) is 10.4 Å². The summed E-state index contributed by atoms with van der Waals surface area (Å²) in [6.07, 6.45) is 1.52. The molecule has 7 heteroatoms. The number of aromatic nitrogens is 2. The van der Waals surface area contributed by atoms with Gasteiger partial charge in [0.2, 0.25) is 5.82 Å². The molecule has 7 nitrogen and oxygen atoms in total. The Balaban J connectivity index is 2.50. The van der Waals surface area contributed by atoms with Crippen molar-refractivity contribution in [3.8, 4) is 0 Å². The predicted octanol–water partition coefficient (Wildman–Crippen LogP) is 1.17. The Morgan fingerprint density at radius 1 is 1.69 bits per heavy atom. The number of nitrogens with zero attached hydrogens (tertiary/aromatic N) is 3. The third-order valence-corrected chi connectivity index (χ3v) is 1.85. The van der Waals surface area contributed by atoms with E-state index in [4.69, 9.17) is 4.74 Å². The maximum Gasteiger partial charge on any atom is 0.330 e. The van der Waals surface area contributed by atoms with E-state index < -0.39 is 4.92 Å². The molecule has 0 unspecified atom stereocenters. The van der Waals surface area contributed by atoms with Gasteiger partial charge in [0.25, 0.3) is 0 Å². The summed E-state index contributed by atoms with van der Waals surface area (Å²) in [7, 11) is 1.64. The zero-order chi connectivity index (χ0) is 12.1. The van der Waals surface area contributed by atoms with Gasteiger partial charge in [0.15, 0.2) is 0 Å². The Kier molecular flexibility index (Phi) is 4.24. The van der Waals surface area contributed by atoms with E-state index in [1.807, 2.05) is 13.8 Å². The summed E-state index contributed by atoms with van der Waals surface area (Å²) in [5.74, 6) is 0.278. The van der Waals surface area contributed by atoms with E-state index in [-0.39, 0.29) is 17.6 Å². The lowest BCUT2D eigenvalue weighted by atomic mass is 10.5. The number of nitrogens with one attached hydrogen (secondary N) is 1. The second-order valence-electron chi connectivity index (χ2n) is 3.64. The van der Waals surface area contributed by atoms with Crippen LogP contribution in [-0.2, 0) is 11.8 Å². The van der Waals surface area contributed by atoms with E-state index >= 15 is 0 Å². The highest BCUT2D eigenvalue weighted by molar-refractivity contribution is 5.54. The molecule has 0 spiro atoms. The molecule has 1 rings (SSSR count). The van der Waals surface area contributed by atoms with E-state index in [9.17, 15) is 10.1 Å². The summed E-state index contributed by atoms with van der Waals surface area (Å²) in [5, 5.41) is 17.5. The van der Waals surface area contributed by atoms with Crippen LogP contribution < -0.4 is 5.32 Å². The van der Waals surface area contributed by atoms with Crippen molar-refractivity contribution in [3.63, 3.8) is 0 Å². The first kappa shape index (κ1) is 12.4. The maximum atomic E-state index is 10.7. The fraction of sp³-hybridized carbons (Fsp3) is 0.667. The molecule has 1 heterocycles. The van der Waals surface area contributed by atoms with Crippen LogP contribution in [0.25, 0.3) is 0 Å². The zero-order valence-electron chi connectivity index (χ0n) is 9.64. The standard InChI is InChI=1S/C9H16N4O3/c1-7(2)16-5-4-10-9-8(13(14)15)6-12(3)11-9/h6-7H,4-5H2,1-3H3,(H,10,11). The average molecular weight is 228 g/mol. The van der Waals surface area contributed by atoms with Crippen LogP contribution in [0.5, 0.6) is 0 Å². The molecule has 0 aliphatic rings. The summed E-state index contributed by atoms with van der Waals surface area (Å²) in [6.45, 7) is 4.86. The second kappa shape index (κ2) is 5.45. The van der Waals surface area contributed by atoms with Crippen molar-refractivity contribution in [2.24, 2.45) is 7.05 Å². The summed E-state index contributed by atoms with van der Waals surface area (Å²) >= 11 is 0. The van der Waals surface area contributed by atoms with E-state index in [0.717, 1.165) is 0 Å². The molecule has 0 aromatic carbocycles. The first-order valence-electron chi connectivity index (χ1n) is 5.04. The van der Waals surface area contributed by atoms with Gasteiger partial charge < -0.3 is 10.1 Å². The van der Waals surface area contributed by atoms with E-state index in [1.54, 1.807) is 7.05 Å². The fourth-order valence-electron chi connectivity index (χ4n) is 1.20. The van der Waals surface area contributed by atoms with Crippen molar-refractivity contribution in [3.05, 3.63) is 16.3 Å². The normalized spacial score (nSPS) is 10.8. The Morgan fingerprint density at radius 3 is 2.94 bits per heavy atom. The van der Waals surface area contributed by atoms with Gasteiger partial charge in [-0.2, -0.15) is 0 Å². The van der Waals surface area contributed by atoms with Gasteiger partial charge in [-0.3, -0.25) is 14.8 Å². The lowest BCUT2D eigenvalue weighted by Crippen LogP contribution is -2.14. The lowest BCUT2D eigenvalue weighted by molar-refractivity contribution is -0.384. The molecule has 16 heavy (non-hydrogen) atoms. The minimum Gasteiger partial charge on any atom is -0.377 e. The largest absolute Gasteiger partial charge is 0.377 e. The number of anilines is 1. The molecule has 0 fully saturated rings. The molecule has 0 saturated carbocycles. The predicted molar refractivity (Wildman–Crippen MR) is 59.4 cm³/mol. The molecular weight excluding hydrogens is 212 g/mol. The van der Waals surface area contributed by atoms with E-state index in [0.29, 0.717) is 13.2 Å². The van der Waals surface area contributed by atoms with Crippen LogP contribution in [0, 0.1) is 10.1 Å². The topological polar surface area (TPSA) is 82.2 Å². The van der Waals surface area contributed by atoms with Gasteiger partial charge >= 0.3 is 5.69 Å². The van der Waals surface area contributed by atoms with Crippen molar-refractivity contribution < 1.29 is 9.66 Å². The molecule has 0 amide bonds. The fourth-order valence-corrected chi connectivity index (χ4v) is 1.20. The van der Waals surface area contributed by atoms with Crippen molar-refractivity contribution >= 4 is 11.5 Å². The third kappa shape index (κ3) is 3.50. The van der Waals surface area contributed by atoms with Crippen molar-refractivity contribution in [2.75, 3.05) is 18.5 Å². The SMILES string of the molecule is CC(C)OCCNc1nn(C)cc1[N+](=O)[O-]. The molecule has 0 radical (unpaired) electrons. The summed E-state index contributed by atoms with van der Waals surface area (Å²) < 4.78 is 6.71. The van der Waals surface area contributed by atoms with Crippen molar-refractivity contribution in [1.82, 2.24) is 9.78 Å². The maximum absolute atomic E-state index is 10.7. The second-order valence-corrected chi connectivity index (χ2v) is 3.64. The smallest absolute Gasteiger partial charge is 0.330 e. The molecule has 0 atom stereocenters. The molecule has 0 bridgehead atoms. The quantitative estimate of drug-likeness (QED) is 0.449. The molecule has 0 aliphatic carbocycles. The highest BCUT2D eigenvalue weighted by atomic mass is 16.6. The monoisotopic (exact) mass is 228 g/mol.